The summed E-state index contributed by atoms with van der Waals surface area (Å²) >= 11 is 0. The third kappa shape index (κ3) is 3.38. The highest BCUT2D eigenvalue weighted by atomic mass is 16.5. The summed E-state index contributed by atoms with van der Waals surface area (Å²) in [6.07, 6.45) is 8.93. The maximum Gasteiger partial charge on any atom is 0.255 e. The molecular formula is C17H23N3O3. The van der Waals surface area contributed by atoms with Crippen LogP contribution in [0.1, 0.15) is 42.5 Å². The summed E-state index contributed by atoms with van der Waals surface area (Å²) in [7, 11) is 0. The highest BCUT2D eigenvalue weighted by Gasteiger charge is 2.42. The van der Waals surface area contributed by atoms with Gasteiger partial charge in [0.15, 0.2) is 0 Å². The molecule has 1 amide bonds. The number of ether oxygens (including phenoxy) is 2. The first-order chi connectivity index (χ1) is 11.3. The molecule has 0 spiro atoms. The molecule has 0 aromatic carbocycles. The molecule has 0 unspecified atom stereocenters. The summed E-state index contributed by atoms with van der Waals surface area (Å²) < 4.78 is 12.0. The van der Waals surface area contributed by atoms with Crippen LogP contribution < -0.4 is 0 Å². The first kappa shape index (κ1) is 15.0. The number of rotatable bonds is 5. The standard InChI is InChI=1S/C17H23N3O3/c21-17(13-5-7-18-19-9-13)20-8-6-16-15(20)4-3-14(23-16)11-22-10-12-1-2-12/h5,7,9,12,14-16H,1-4,6,8,10-11H2/t14-,15-,16-/m0/s1. The Hall–Kier alpha value is -1.53. The molecule has 3 aliphatic rings. The first-order valence-corrected chi connectivity index (χ1v) is 8.62. The lowest BCUT2D eigenvalue weighted by Gasteiger charge is -2.35. The molecule has 3 fully saturated rings. The number of hydrogen-bond donors (Lipinski definition) is 0. The van der Waals surface area contributed by atoms with Crippen molar-refractivity contribution < 1.29 is 14.3 Å². The van der Waals surface area contributed by atoms with Crippen LogP contribution in [0.25, 0.3) is 0 Å². The lowest BCUT2D eigenvalue weighted by atomic mass is 9.99. The predicted octanol–water partition coefficient (Wildman–Crippen LogP) is 1.67. The molecule has 4 rings (SSSR count). The molecule has 124 valence electrons. The van der Waals surface area contributed by atoms with Crippen molar-refractivity contribution in [3.63, 3.8) is 0 Å². The summed E-state index contributed by atoms with van der Waals surface area (Å²) in [5.74, 6) is 0.833. The van der Waals surface area contributed by atoms with E-state index in [0.29, 0.717) is 12.2 Å². The third-order valence-corrected chi connectivity index (χ3v) is 5.08. The van der Waals surface area contributed by atoms with E-state index in [9.17, 15) is 4.79 Å². The fourth-order valence-electron chi connectivity index (χ4n) is 3.61. The smallest absolute Gasteiger partial charge is 0.255 e. The monoisotopic (exact) mass is 317 g/mol. The van der Waals surface area contributed by atoms with Crippen LogP contribution in [0.4, 0.5) is 0 Å². The van der Waals surface area contributed by atoms with Crippen molar-refractivity contribution >= 4 is 5.91 Å². The molecular weight excluding hydrogens is 294 g/mol. The summed E-state index contributed by atoms with van der Waals surface area (Å²) in [5, 5.41) is 7.53. The van der Waals surface area contributed by atoms with Gasteiger partial charge in [0.1, 0.15) is 0 Å². The number of fused-ring (bicyclic) bond motifs is 1. The molecule has 1 aromatic heterocycles. The Kier molecular flexibility index (Phi) is 4.27. The largest absolute Gasteiger partial charge is 0.378 e. The molecule has 0 N–H and O–H groups in total. The molecule has 2 saturated heterocycles. The normalized spacial score (nSPS) is 30.3. The lowest BCUT2D eigenvalue weighted by Crippen LogP contribution is -2.46. The van der Waals surface area contributed by atoms with Gasteiger partial charge in [-0.1, -0.05) is 0 Å². The first-order valence-electron chi connectivity index (χ1n) is 8.62. The number of nitrogens with zero attached hydrogens (tertiary/aromatic N) is 3. The highest BCUT2D eigenvalue weighted by molar-refractivity contribution is 5.94. The van der Waals surface area contributed by atoms with Crippen molar-refractivity contribution in [1.29, 1.82) is 0 Å². The van der Waals surface area contributed by atoms with Crippen LogP contribution >= 0.6 is 0 Å². The van der Waals surface area contributed by atoms with E-state index in [2.05, 4.69) is 10.2 Å². The molecule has 1 saturated carbocycles. The lowest BCUT2D eigenvalue weighted by molar-refractivity contribution is -0.0973. The second-order valence-electron chi connectivity index (χ2n) is 6.84. The van der Waals surface area contributed by atoms with Crippen molar-refractivity contribution in [3.8, 4) is 0 Å². The van der Waals surface area contributed by atoms with Crippen LogP contribution in [0.3, 0.4) is 0 Å². The van der Waals surface area contributed by atoms with Crippen molar-refractivity contribution in [3.05, 3.63) is 24.0 Å². The van der Waals surface area contributed by atoms with Gasteiger partial charge in [0, 0.05) is 13.2 Å². The van der Waals surface area contributed by atoms with Gasteiger partial charge in [0.05, 0.1) is 42.8 Å². The Bertz CT molecular complexity index is 549. The van der Waals surface area contributed by atoms with E-state index in [0.717, 1.165) is 38.3 Å². The Balaban J connectivity index is 1.31. The van der Waals surface area contributed by atoms with Crippen LogP contribution in [0.15, 0.2) is 18.5 Å². The number of carbonyl (C=O) groups is 1. The van der Waals surface area contributed by atoms with E-state index in [1.807, 2.05) is 4.90 Å². The van der Waals surface area contributed by atoms with E-state index in [-0.39, 0.29) is 24.2 Å². The van der Waals surface area contributed by atoms with E-state index in [4.69, 9.17) is 9.47 Å². The van der Waals surface area contributed by atoms with E-state index < -0.39 is 0 Å². The zero-order chi connectivity index (χ0) is 15.6. The summed E-state index contributed by atoms with van der Waals surface area (Å²) in [5.41, 5.74) is 0.607. The van der Waals surface area contributed by atoms with Crippen molar-refractivity contribution in [2.45, 2.75) is 50.4 Å². The minimum Gasteiger partial charge on any atom is -0.378 e. The van der Waals surface area contributed by atoms with Crippen LogP contribution in [0, 0.1) is 5.92 Å². The fraction of sp³-hybridized carbons (Fsp3) is 0.706. The molecule has 0 bridgehead atoms. The number of aromatic nitrogens is 2. The van der Waals surface area contributed by atoms with E-state index in [1.165, 1.54) is 19.0 Å². The minimum absolute atomic E-state index is 0.0411. The van der Waals surface area contributed by atoms with Gasteiger partial charge in [-0.15, -0.1) is 0 Å². The molecule has 3 heterocycles. The Morgan fingerprint density at radius 3 is 2.91 bits per heavy atom. The van der Waals surface area contributed by atoms with Gasteiger partial charge in [-0.3, -0.25) is 4.79 Å². The maximum atomic E-state index is 12.6. The summed E-state index contributed by atoms with van der Waals surface area (Å²) in [6.45, 7) is 2.34. The Morgan fingerprint density at radius 2 is 2.13 bits per heavy atom. The van der Waals surface area contributed by atoms with Gasteiger partial charge in [0.2, 0.25) is 0 Å². The topological polar surface area (TPSA) is 64.6 Å². The van der Waals surface area contributed by atoms with Gasteiger partial charge < -0.3 is 14.4 Å². The second kappa shape index (κ2) is 6.53. The molecule has 3 atom stereocenters. The maximum absolute atomic E-state index is 12.6. The van der Waals surface area contributed by atoms with E-state index >= 15 is 0 Å². The van der Waals surface area contributed by atoms with Gasteiger partial charge in [-0.05, 0) is 44.1 Å². The van der Waals surface area contributed by atoms with Crippen molar-refractivity contribution in [1.82, 2.24) is 15.1 Å². The molecule has 0 radical (unpaired) electrons. The SMILES string of the molecule is O=C(c1ccnnc1)N1CC[C@@H]2O[C@H](COCC3CC3)CC[C@@H]21. The van der Waals surface area contributed by atoms with Gasteiger partial charge in [-0.2, -0.15) is 10.2 Å². The average Bonchev–Trinajstić information content (AvgIpc) is 3.32. The summed E-state index contributed by atoms with van der Waals surface area (Å²) in [4.78, 5) is 14.6. The van der Waals surface area contributed by atoms with Gasteiger partial charge in [-0.25, -0.2) is 0 Å². The average molecular weight is 317 g/mol. The predicted molar refractivity (Wildman–Crippen MR) is 82.9 cm³/mol. The Labute approximate surface area is 136 Å². The highest BCUT2D eigenvalue weighted by Crippen LogP contribution is 2.33. The van der Waals surface area contributed by atoms with Gasteiger partial charge >= 0.3 is 0 Å². The number of carbonyl (C=O) groups excluding carboxylic acids is 1. The number of likely N-dealkylation sites (tertiary alicyclic amines) is 1. The van der Waals surface area contributed by atoms with Crippen LogP contribution in [-0.4, -0.2) is 59.0 Å². The molecule has 23 heavy (non-hydrogen) atoms. The van der Waals surface area contributed by atoms with E-state index in [1.54, 1.807) is 12.3 Å². The number of hydrogen-bond acceptors (Lipinski definition) is 5. The molecule has 1 aromatic rings. The van der Waals surface area contributed by atoms with Crippen molar-refractivity contribution in [2.75, 3.05) is 19.8 Å². The van der Waals surface area contributed by atoms with Gasteiger partial charge in [0.25, 0.3) is 5.91 Å². The van der Waals surface area contributed by atoms with Crippen LogP contribution in [-0.2, 0) is 9.47 Å². The summed E-state index contributed by atoms with van der Waals surface area (Å²) in [6, 6.07) is 1.91. The fourth-order valence-corrected chi connectivity index (χ4v) is 3.61. The Morgan fingerprint density at radius 1 is 1.22 bits per heavy atom. The third-order valence-electron chi connectivity index (χ3n) is 5.08. The van der Waals surface area contributed by atoms with Crippen LogP contribution in [0.2, 0.25) is 0 Å². The molecule has 6 nitrogen and oxygen atoms in total. The molecule has 6 heteroatoms. The zero-order valence-electron chi connectivity index (χ0n) is 13.3. The molecule has 2 aliphatic heterocycles. The zero-order valence-corrected chi connectivity index (χ0v) is 13.3. The second-order valence-corrected chi connectivity index (χ2v) is 6.84. The van der Waals surface area contributed by atoms with Crippen molar-refractivity contribution in [2.24, 2.45) is 5.92 Å². The minimum atomic E-state index is 0.0411. The quantitative estimate of drug-likeness (QED) is 0.826. The number of amides is 1. The van der Waals surface area contributed by atoms with Crippen LogP contribution in [0.5, 0.6) is 0 Å². The molecule has 1 aliphatic carbocycles.